The van der Waals surface area contributed by atoms with Gasteiger partial charge in [0, 0.05) is 41.5 Å². The summed E-state index contributed by atoms with van der Waals surface area (Å²) < 4.78 is 5.39. The minimum Gasteiger partial charge on any atom is -0.487 e. The summed E-state index contributed by atoms with van der Waals surface area (Å²) in [4.78, 5) is 24.8. The van der Waals surface area contributed by atoms with Gasteiger partial charge in [-0.1, -0.05) is 18.3 Å². The fourth-order valence-electron chi connectivity index (χ4n) is 2.61. The van der Waals surface area contributed by atoms with E-state index in [4.69, 9.17) is 10.5 Å². The average Bonchev–Trinajstić information content (AvgIpc) is 3.12. The first-order chi connectivity index (χ1) is 13.0. The van der Waals surface area contributed by atoms with Gasteiger partial charge in [0.2, 0.25) is 0 Å². The van der Waals surface area contributed by atoms with Crippen molar-refractivity contribution >= 4 is 23.1 Å². The van der Waals surface area contributed by atoms with Gasteiger partial charge in [-0.25, -0.2) is 9.97 Å². The molecule has 7 nitrogen and oxygen atoms in total. The van der Waals surface area contributed by atoms with E-state index in [0.29, 0.717) is 16.5 Å². The molecule has 3 rings (SSSR count). The molecule has 0 aliphatic carbocycles. The van der Waals surface area contributed by atoms with Crippen molar-refractivity contribution in [1.82, 2.24) is 15.0 Å². The van der Waals surface area contributed by atoms with Crippen LogP contribution in [0.25, 0.3) is 11.3 Å². The number of aryl methyl sites for hydroxylation is 1. The Kier molecular flexibility index (Phi) is 5.66. The number of hydrogen-bond donors (Lipinski definition) is 2. The van der Waals surface area contributed by atoms with Crippen molar-refractivity contribution in [2.24, 2.45) is 5.73 Å². The molecule has 0 saturated heterocycles. The van der Waals surface area contributed by atoms with E-state index in [0.717, 1.165) is 28.3 Å². The molecule has 0 spiro atoms. The summed E-state index contributed by atoms with van der Waals surface area (Å²) >= 11 is 1.26. The van der Waals surface area contributed by atoms with Crippen LogP contribution in [0.3, 0.4) is 0 Å². The molecule has 3 aromatic heterocycles. The second-order valence-corrected chi connectivity index (χ2v) is 7.20. The predicted molar refractivity (Wildman–Crippen MR) is 106 cm³/mol. The summed E-state index contributed by atoms with van der Waals surface area (Å²) in [6, 6.07) is 7.62. The number of thiophene rings is 1. The predicted octanol–water partition coefficient (Wildman–Crippen LogP) is 3.23. The zero-order valence-corrected chi connectivity index (χ0v) is 16.2. The molecule has 1 atom stereocenters. The van der Waals surface area contributed by atoms with Crippen LogP contribution in [0.1, 0.15) is 33.8 Å². The summed E-state index contributed by atoms with van der Waals surface area (Å²) in [5, 5.41) is 4.02. The third-order valence-corrected chi connectivity index (χ3v) is 5.27. The van der Waals surface area contributed by atoms with Gasteiger partial charge < -0.3 is 15.8 Å². The Bertz CT molecular complexity index is 940. The number of pyridine rings is 1. The van der Waals surface area contributed by atoms with Gasteiger partial charge in [-0.05, 0) is 25.1 Å². The van der Waals surface area contributed by atoms with Gasteiger partial charge in [0.25, 0.3) is 5.91 Å². The number of nitrogens with two attached hydrogens (primary N) is 1. The van der Waals surface area contributed by atoms with Crippen LogP contribution in [0, 0.1) is 6.92 Å². The molecule has 0 radical (unpaired) electrons. The van der Waals surface area contributed by atoms with Crippen LogP contribution < -0.4 is 15.8 Å². The lowest BCUT2D eigenvalue weighted by Crippen LogP contribution is -2.12. The third-order valence-electron chi connectivity index (χ3n) is 4.15. The Labute approximate surface area is 161 Å². The van der Waals surface area contributed by atoms with Crippen molar-refractivity contribution in [3.63, 3.8) is 0 Å². The summed E-state index contributed by atoms with van der Waals surface area (Å²) in [6.07, 6.45) is 3.32. The maximum absolute atomic E-state index is 11.4. The highest BCUT2D eigenvalue weighted by molar-refractivity contribution is 7.16. The van der Waals surface area contributed by atoms with E-state index in [1.165, 1.54) is 17.7 Å². The molecule has 0 aliphatic rings. The highest BCUT2D eigenvalue weighted by Gasteiger charge is 2.18. The zero-order valence-electron chi connectivity index (χ0n) is 15.4. The van der Waals surface area contributed by atoms with Crippen molar-refractivity contribution in [3.8, 4) is 16.3 Å². The monoisotopic (exact) mass is 383 g/mol. The van der Waals surface area contributed by atoms with Crippen LogP contribution in [-0.4, -0.2) is 34.5 Å². The van der Waals surface area contributed by atoms with E-state index < -0.39 is 5.91 Å². The molecule has 1 amide bonds. The first kappa shape index (κ1) is 18.8. The summed E-state index contributed by atoms with van der Waals surface area (Å²) in [7, 11) is 1.59. The topological polar surface area (TPSA) is 103 Å². The Morgan fingerprint density at radius 1 is 1.30 bits per heavy atom. The Balaban J connectivity index is 1.72. The van der Waals surface area contributed by atoms with Crippen molar-refractivity contribution in [3.05, 3.63) is 52.9 Å². The number of carbonyl (C=O) groups excluding carboxylic acids is 1. The molecule has 0 aliphatic heterocycles. The number of nitrogens with zero attached hydrogens (tertiary/aromatic N) is 3. The lowest BCUT2D eigenvalue weighted by Gasteiger charge is -2.14. The molecule has 0 bridgehead atoms. The Morgan fingerprint density at radius 3 is 2.78 bits per heavy atom. The van der Waals surface area contributed by atoms with Gasteiger partial charge in [0.05, 0.1) is 17.7 Å². The van der Waals surface area contributed by atoms with E-state index in [9.17, 15) is 4.79 Å². The van der Waals surface area contributed by atoms with Crippen molar-refractivity contribution in [2.75, 3.05) is 19.0 Å². The number of ether oxygens (including phenoxy) is 1. The van der Waals surface area contributed by atoms with Gasteiger partial charge in [-0.3, -0.25) is 9.78 Å². The third kappa shape index (κ3) is 4.40. The fraction of sp³-hybridized carbons (Fsp3) is 0.263. The van der Waals surface area contributed by atoms with Crippen LogP contribution in [0.5, 0.6) is 5.06 Å². The number of hydrogen-bond acceptors (Lipinski definition) is 7. The van der Waals surface area contributed by atoms with Gasteiger partial charge in [-0.2, -0.15) is 0 Å². The molecule has 0 fully saturated rings. The second-order valence-electron chi connectivity index (χ2n) is 6.18. The largest absolute Gasteiger partial charge is 0.487 e. The quantitative estimate of drug-likeness (QED) is 0.649. The smallest absolute Gasteiger partial charge is 0.258 e. The van der Waals surface area contributed by atoms with Crippen LogP contribution in [0.2, 0.25) is 0 Å². The lowest BCUT2D eigenvalue weighted by atomic mass is 10.0. The molecule has 27 heavy (non-hydrogen) atoms. The van der Waals surface area contributed by atoms with Crippen LogP contribution >= 0.6 is 11.3 Å². The molecule has 3 heterocycles. The minimum atomic E-state index is -0.447. The molecule has 0 aromatic carbocycles. The summed E-state index contributed by atoms with van der Waals surface area (Å²) in [5.41, 5.74) is 9.02. The molecular weight excluding hydrogens is 362 g/mol. The first-order valence-electron chi connectivity index (χ1n) is 8.44. The van der Waals surface area contributed by atoms with Crippen LogP contribution in [0.15, 0.2) is 36.8 Å². The van der Waals surface area contributed by atoms with E-state index >= 15 is 0 Å². The number of primary amides is 1. The number of amides is 1. The van der Waals surface area contributed by atoms with Gasteiger partial charge >= 0.3 is 0 Å². The zero-order chi connectivity index (χ0) is 19.4. The molecule has 3 N–H and O–H groups in total. The molecular formula is C19H21N5O2S. The van der Waals surface area contributed by atoms with Gasteiger partial charge in [0.15, 0.2) is 5.06 Å². The Hall–Kier alpha value is -3.00. The average molecular weight is 383 g/mol. The highest BCUT2D eigenvalue weighted by Crippen LogP contribution is 2.35. The molecule has 140 valence electrons. The van der Waals surface area contributed by atoms with E-state index in [-0.39, 0.29) is 5.92 Å². The molecule has 3 aromatic rings. The van der Waals surface area contributed by atoms with Crippen molar-refractivity contribution in [1.29, 1.82) is 0 Å². The standard InChI is InChI=1S/C19H21N5O2S/c1-11(14-6-16(18(20)25)27-19(14)26-3)8-22-17-7-15(23-10-24-17)13-5-4-12(2)21-9-13/h4-7,9-11H,8H2,1-3H3,(H2,20,25)(H,22,23,24). The first-order valence-corrected chi connectivity index (χ1v) is 9.26. The van der Waals surface area contributed by atoms with Gasteiger partial charge in [-0.15, -0.1) is 0 Å². The minimum absolute atomic E-state index is 0.101. The van der Waals surface area contributed by atoms with E-state index in [2.05, 4.69) is 20.3 Å². The lowest BCUT2D eigenvalue weighted by molar-refractivity contribution is 0.100. The molecule has 1 unspecified atom stereocenters. The maximum atomic E-state index is 11.4. The number of carbonyl (C=O) groups is 1. The van der Waals surface area contributed by atoms with E-state index in [1.54, 1.807) is 19.4 Å². The summed E-state index contributed by atoms with van der Waals surface area (Å²) in [6.45, 7) is 4.61. The summed E-state index contributed by atoms with van der Waals surface area (Å²) in [5.74, 6) is 0.373. The number of aromatic nitrogens is 3. The number of anilines is 1. The number of nitrogens with one attached hydrogen (secondary N) is 1. The van der Waals surface area contributed by atoms with Crippen molar-refractivity contribution < 1.29 is 9.53 Å². The number of methoxy groups -OCH3 is 1. The van der Waals surface area contributed by atoms with Crippen LogP contribution in [-0.2, 0) is 0 Å². The van der Waals surface area contributed by atoms with Gasteiger partial charge in [0.1, 0.15) is 12.1 Å². The maximum Gasteiger partial charge on any atom is 0.258 e. The molecule has 8 heteroatoms. The number of rotatable bonds is 7. The fourth-order valence-corrected chi connectivity index (χ4v) is 3.56. The van der Waals surface area contributed by atoms with E-state index in [1.807, 2.05) is 32.0 Å². The normalized spacial score (nSPS) is 11.8. The second kappa shape index (κ2) is 8.13. The highest BCUT2D eigenvalue weighted by atomic mass is 32.1. The molecule has 0 saturated carbocycles. The Morgan fingerprint density at radius 2 is 2.11 bits per heavy atom. The van der Waals surface area contributed by atoms with Crippen LogP contribution in [0.4, 0.5) is 5.82 Å². The van der Waals surface area contributed by atoms with Crippen molar-refractivity contribution in [2.45, 2.75) is 19.8 Å². The SMILES string of the molecule is COc1sc(C(N)=O)cc1C(C)CNc1cc(-c2ccc(C)nc2)ncn1.